The smallest absolute Gasteiger partial charge is 0.251 e. The SMILES string of the molecule is O=C(NCCc1cccnc1)c1cc(C(=O)NCCc2cccnc2)cc(C(=O)NCCc2cccnc2)c1. The molecule has 0 saturated heterocycles. The number of nitrogens with one attached hydrogen (secondary N) is 3. The Labute approximate surface area is 227 Å². The molecular weight excluding hydrogens is 492 g/mol. The van der Waals surface area contributed by atoms with Gasteiger partial charge in [-0.1, -0.05) is 18.2 Å². The number of benzene rings is 1. The van der Waals surface area contributed by atoms with Crippen molar-refractivity contribution in [3.63, 3.8) is 0 Å². The van der Waals surface area contributed by atoms with E-state index in [1.165, 1.54) is 18.2 Å². The molecule has 3 aromatic heterocycles. The number of pyridine rings is 3. The van der Waals surface area contributed by atoms with E-state index in [0.29, 0.717) is 38.9 Å². The second-order valence-corrected chi connectivity index (χ2v) is 8.90. The lowest BCUT2D eigenvalue weighted by Gasteiger charge is -2.12. The van der Waals surface area contributed by atoms with Gasteiger partial charge in [0, 0.05) is 73.5 Å². The number of nitrogens with zero attached hydrogens (tertiary/aromatic N) is 3. The first kappa shape index (κ1) is 27.1. The lowest BCUT2D eigenvalue weighted by molar-refractivity contribution is 0.0953. The fourth-order valence-corrected chi connectivity index (χ4v) is 3.93. The van der Waals surface area contributed by atoms with E-state index in [2.05, 4.69) is 30.9 Å². The van der Waals surface area contributed by atoms with Crippen LogP contribution in [0.5, 0.6) is 0 Å². The van der Waals surface area contributed by atoms with Crippen LogP contribution in [0.15, 0.2) is 91.8 Å². The Balaban J connectivity index is 1.43. The standard InChI is InChI=1S/C30H30N6O3/c37-28(34-13-7-22-4-1-10-31-19-22)25-16-26(29(38)35-14-8-23-5-2-11-32-20-23)18-27(17-25)30(39)36-15-9-24-6-3-12-33-21-24/h1-6,10-12,16-21H,7-9,13-15H2,(H,34,37)(H,35,38)(H,36,39). The quantitative estimate of drug-likeness (QED) is 0.263. The van der Waals surface area contributed by atoms with Crippen LogP contribution < -0.4 is 16.0 Å². The molecule has 0 atom stereocenters. The van der Waals surface area contributed by atoms with E-state index >= 15 is 0 Å². The highest BCUT2D eigenvalue weighted by atomic mass is 16.2. The van der Waals surface area contributed by atoms with Crippen molar-refractivity contribution in [3.05, 3.63) is 125 Å². The van der Waals surface area contributed by atoms with Gasteiger partial charge in [-0.25, -0.2) is 0 Å². The van der Waals surface area contributed by atoms with Gasteiger partial charge in [-0.05, 0) is 72.4 Å². The highest BCUT2D eigenvalue weighted by Gasteiger charge is 2.16. The summed E-state index contributed by atoms with van der Waals surface area (Å²) in [6.45, 7) is 1.16. The average molecular weight is 523 g/mol. The van der Waals surface area contributed by atoms with E-state index in [1.807, 2.05) is 36.4 Å². The fraction of sp³-hybridized carbons (Fsp3) is 0.200. The second kappa shape index (κ2) is 14.1. The van der Waals surface area contributed by atoms with Crippen molar-refractivity contribution in [3.8, 4) is 0 Å². The molecule has 3 amide bonds. The molecule has 0 saturated carbocycles. The minimum absolute atomic E-state index is 0.235. The molecule has 0 aliphatic rings. The monoisotopic (exact) mass is 522 g/mol. The highest BCUT2D eigenvalue weighted by molar-refractivity contribution is 6.04. The van der Waals surface area contributed by atoms with Crippen molar-refractivity contribution in [2.75, 3.05) is 19.6 Å². The Morgan fingerprint density at radius 2 is 0.821 bits per heavy atom. The second-order valence-electron chi connectivity index (χ2n) is 8.90. The number of amides is 3. The predicted molar refractivity (Wildman–Crippen MR) is 147 cm³/mol. The third-order valence-corrected chi connectivity index (χ3v) is 5.99. The Morgan fingerprint density at radius 3 is 1.08 bits per heavy atom. The molecule has 9 heteroatoms. The van der Waals surface area contributed by atoms with Crippen LogP contribution in [0.25, 0.3) is 0 Å². The maximum Gasteiger partial charge on any atom is 0.251 e. The first-order valence-corrected chi connectivity index (χ1v) is 12.7. The maximum atomic E-state index is 13.0. The topological polar surface area (TPSA) is 126 Å². The largest absolute Gasteiger partial charge is 0.352 e. The third-order valence-electron chi connectivity index (χ3n) is 5.99. The predicted octanol–water partition coefficient (Wildman–Crippen LogP) is 2.79. The lowest BCUT2D eigenvalue weighted by Crippen LogP contribution is -2.30. The van der Waals surface area contributed by atoms with Gasteiger partial charge in [-0.2, -0.15) is 0 Å². The third kappa shape index (κ3) is 8.57. The molecule has 3 N–H and O–H groups in total. The van der Waals surface area contributed by atoms with Gasteiger partial charge in [0.2, 0.25) is 0 Å². The number of hydrogen-bond donors (Lipinski definition) is 3. The molecule has 0 spiro atoms. The van der Waals surface area contributed by atoms with E-state index in [4.69, 9.17) is 0 Å². The van der Waals surface area contributed by atoms with Gasteiger partial charge in [0.15, 0.2) is 0 Å². The molecule has 4 rings (SSSR count). The summed E-state index contributed by atoms with van der Waals surface area (Å²) in [6.07, 6.45) is 12.1. The van der Waals surface area contributed by atoms with E-state index in [1.54, 1.807) is 37.2 Å². The zero-order valence-electron chi connectivity index (χ0n) is 21.5. The number of carbonyl (C=O) groups excluding carboxylic acids is 3. The van der Waals surface area contributed by atoms with Crippen LogP contribution in [0.2, 0.25) is 0 Å². The first-order chi connectivity index (χ1) is 19.1. The number of hydrogen-bond acceptors (Lipinski definition) is 6. The molecule has 39 heavy (non-hydrogen) atoms. The minimum Gasteiger partial charge on any atom is -0.352 e. The van der Waals surface area contributed by atoms with Crippen molar-refractivity contribution >= 4 is 17.7 Å². The van der Waals surface area contributed by atoms with Crippen LogP contribution in [0.3, 0.4) is 0 Å². The maximum absolute atomic E-state index is 13.0. The summed E-state index contributed by atoms with van der Waals surface area (Å²) in [7, 11) is 0. The summed E-state index contributed by atoms with van der Waals surface area (Å²) < 4.78 is 0. The summed E-state index contributed by atoms with van der Waals surface area (Å²) in [6, 6.07) is 15.8. The molecule has 0 unspecified atom stereocenters. The van der Waals surface area contributed by atoms with E-state index in [0.717, 1.165) is 16.7 Å². The van der Waals surface area contributed by atoms with Crippen LogP contribution in [0, 0.1) is 0 Å². The van der Waals surface area contributed by atoms with Crippen LogP contribution in [0.4, 0.5) is 0 Å². The Bertz CT molecular complexity index is 1200. The van der Waals surface area contributed by atoms with E-state index < -0.39 is 0 Å². The summed E-state index contributed by atoms with van der Waals surface area (Å²) in [5.74, 6) is -1.10. The van der Waals surface area contributed by atoms with Crippen molar-refractivity contribution in [2.45, 2.75) is 19.3 Å². The normalized spacial score (nSPS) is 10.5. The summed E-state index contributed by atoms with van der Waals surface area (Å²) >= 11 is 0. The number of carbonyl (C=O) groups is 3. The molecule has 4 aromatic rings. The first-order valence-electron chi connectivity index (χ1n) is 12.7. The van der Waals surface area contributed by atoms with Gasteiger partial charge in [-0.3, -0.25) is 29.3 Å². The van der Waals surface area contributed by atoms with Crippen LogP contribution in [0.1, 0.15) is 47.8 Å². The summed E-state index contributed by atoms with van der Waals surface area (Å²) in [5.41, 5.74) is 3.69. The van der Waals surface area contributed by atoms with Crippen molar-refractivity contribution in [1.29, 1.82) is 0 Å². The molecular formula is C30H30N6O3. The molecule has 0 radical (unpaired) electrons. The summed E-state index contributed by atoms with van der Waals surface area (Å²) in [4.78, 5) is 51.2. The Hall–Kier alpha value is -4.92. The zero-order valence-corrected chi connectivity index (χ0v) is 21.5. The molecule has 0 aliphatic heterocycles. The van der Waals surface area contributed by atoms with Crippen molar-refractivity contribution in [2.24, 2.45) is 0 Å². The van der Waals surface area contributed by atoms with Gasteiger partial charge in [-0.15, -0.1) is 0 Å². The van der Waals surface area contributed by atoms with Gasteiger partial charge in [0.1, 0.15) is 0 Å². The minimum atomic E-state index is -0.367. The summed E-state index contributed by atoms with van der Waals surface area (Å²) in [5, 5.41) is 8.60. The van der Waals surface area contributed by atoms with E-state index in [9.17, 15) is 14.4 Å². The Kier molecular flexibility index (Phi) is 9.83. The van der Waals surface area contributed by atoms with Crippen molar-refractivity contribution in [1.82, 2.24) is 30.9 Å². The van der Waals surface area contributed by atoms with Crippen LogP contribution in [-0.2, 0) is 19.3 Å². The fourth-order valence-electron chi connectivity index (χ4n) is 3.93. The van der Waals surface area contributed by atoms with Gasteiger partial charge in [0.05, 0.1) is 0 Å². The zero-order chi connectivity index (χ0) is 27.3. The van der Waals surface area contributed by atoms with Gasteiger partial charge < -0.3 is 16.0 Å². The molecule has 0 aliphatic carbocycles. The van der Waals surface area contributed by atoms with Crippen LogP contribution >= 0.6 is 0 Å². The molecule has 3 heterocycles. The van der Waals surface area contributed by atoms with Gasteiger partial charge in [0.25, 0.3) is 17.7 Å². The van der Waals surface area contributed by atoms with Crippen molar-refractivity contribution < 1.29 is 14.4 Å². The number of aromatic nitrogens is 3. The molecule has 9 nitrogen and oxygen atoms in total. The average Bonchev–Trinajstić information content (AvgIpc) is 2.98. The lowest BCUT2D eigenvalue weighted by atomic mass is 10.0. The molecule has 0 bridgehead atoms. The van der Waals surface area contributed by atoms with E-state index in [-0.39, 0.29) is 34.4 Å². The Morgan fingerprint density at radius 1 is 0.513 bits per heavy atom. The van der Waals surface area contributed by atoms with Gasteiger partial charge >= 0.3 is 0 Å². The molecule has 1 aromatic carbocycles. The molecule has 198 valence electrons. The highest BCUT2D eigenvalue weighted by Crippen LogP contribution is 2.12. The molecule has 0 fully saturated rings. The van der Waals surface area contributed by atoms with Crippen LogP contribution in [-0.4, -0.2) is 52.3 Å². The number of rotatable bonds is 12.